The Morgan fingerprint density at radius 1 is 1.12 bits per heavy atom. The van der Waals surface area contributed by atoms with E-state index in [2.05, 4.69) is 25.2 Å². The molecule has 9 nitrogen and oxygen atoms in total. The summed E-state index contributed by atoms with van der Waals surface area (Å²) in [6, 6.07) is 13.2. The van der Waals surface area contributed by atoms with Gasteiger partial charge in [-0.2, -0.15) is 5.10 Å². The lowest BCUT2D eigenvalue weighted by Gasteiger charge is -2.12. The molecule has 1 unspecified atom stereocenters. The quantitative estimate of drug-likeness (QED) is 0.467. The molecule has 3 aromatic rings. The summed E-state index contributed by atoms with van der Waals surface area (Å²) >= 11 is 0. The summed E-state index contributed by atoms with van der Waals surface area (Å²) in [7, 11) is -3.74. The van der Waals surface area contributed by atoms with Gasteiger partial charge in [0, 0.05) is 35.9 Å². The third-order valence-electron chi connectivity index (χ3n) is 5.80. The third kappa shape index (κ3) is 5.13. The van der Waals surface area contributed by atoms with E-state index in [1.54, 1.807) is 24.3 Å². The lowest BCUT2D eigenvalue weighted by molar-refractivity contribution is 0.102. The Balaban J connectivity index is 1.23. The van der Waals surface area contributed by atoms with Crippen LogP contribution in [0.3, 0.4) is 0 Å². The Kier molecular flexibility index (Phi) is 5.96. The van der Waals surface area contributed by atoms with Gasteiger partial charge >= 0.3 is 0 Å². The molecular weight excluding hydrogens is 442 g/mol. The topological polar surface area (TPSA) is 126 Å². The summed E-state index contributed by atoms with van der Waals surface area (Å²) in [4.78, 5) is 17.3. The minimum Gasteiger partial charge on any atom is -0.377 e. The molecule has 0 bridgehead atoms. The number of H-pyrrole nitrogens is 1. The van der Waals surface area contributed by atoms with E-state index in [1.807, 2.05) is 12.1 Å². The first-order chi connectivity index (χ1) is 16.0. The molecule has 2 fully saturated rings. The first-order valence-electron chi connectivity index (χ1n) is 11.0. The molecule has 0 spiro atoms. The lowest BCUT2D eigenvalue weighted by Crippen LogP contribution is -2.32. The highest BCUT2D eigenvalue weighted by Crippen LogP contribution is 2.38. The number of benzene rings is 2. The largest absolute Gasteiger partial charge is 0.377 e. The van der Waals surface area contributed by atoms with Gasteiger partial charge in [-0.05, 0) is 68.1 Å². The van der Waals surface area contributed by atoms with Crippen LogP contribution in [-0.2, 0) is 14.8 Å². The molecule has 33 heavy (non-hydrogen) atoms. The molecule has 10 heteroatoms. The number of anilines is 1. The molecule has 1 aliphatic carbocycles. The standard InChI is InChI=1S/C23H25N5O4S/c29-23(17-3-1-5-20(13-17)33(30,31)24-14-19-4-2-12-32-19)25-18-10-8-16(9-11-18)22-26-21(27-28-22)15-6-7-15/h1,3,5,8-11,13,15,19,24H,2,4,6-7,12,14H2,(H,25,29)(H,26,27,28). The zero-order valence-electron chi connectivity index (χ0n) is 18.0. The minimum atomic E-state index is -3.74. The molecule has 1 aromatic heterocycles. The van der Waals surface area contributed by atoms with Gasteiger partial charge in [0.15, 0.2) is 5.82 Å². The predicted octanol–water partition coefficient (Wildman–Crippen LogP) is 3.06. The predicted molar refractivity (Wildman–Crippen MR) is 122 cm³/mol. The Bertz CT molecular complexity index is 1250. The second-order valence-electron chi connectivity index (χ2n) is 8.36. The van der Waals surface area contributed by atoms with Crippen molar-refractivity contribution in [3.63, 3.8) is 0 Å². The first kappa shape index (κ1) is 21.7. The number of sulfonamides is 1. The van der Waals surface area contributed by atoms with Crippen molar-refractivity contribution in [3.05, 3.63) is 59.9 Å². The normalized spacial score (nSPS) is 18.4. The fraction of sp³-hybridized carbons (Fsp3) is 0.348. The van der Waals surface area contributed by atoms with Gasteiger partial charge in [-0.1, -0.05) is 6.07 Å². The zero-order valence-corrected chi connectivity index (χ0v) is 18.8. The summed E-state index contributed by atoms with van der Waals surface area (Å²) in [5.74, 6) is 1.65. The summed E-state index contributed by atoms with van der Waals surface area (Å²) in [5, 5.41) is 10.1. The van der Waals surface area contributed by atoms with Gasteiger partial charge in [0.2, 0.25) is 10.0 Å². The molecule has 0 radical (unpaired) electrons. The van der Waals surface area contributed by atoms with Gasteiger partial charge < -0.3 is 10.1 Å². The van der Waals surface area contributed by atoms with Crippen LogP contribution in [0.25, 0.3) is 11.4 Å². The average Bonchev–Trinajstić information content (AvgIpc) is 3.32. The van der Waals surface area contributed by atoms with E-state index in [-0.39, 0.29) is 23.1 Å². The highest BCUT2D eigenvalue weighted by atomic mass is 32.2. The highest BCUT2D eigenvalue weighted by Gasteiger charge is 2.27. The maximum Gasteiger partial charge on any atom is 0.255 e. The number of aromatic nitrogens is 3. The van der Waals surface area contributed by atoms with E-state index in [9.17, 15) is 13.2 Å². The van der Waals surface area contributed by atoms with Crippen LogP contribution in [0, 0.1) is 0 Å². The van der Waals surface area contributed by atoms with E-state index in [0.29, 0.717) is 24.0 Å². The molecule has 5 rings (SSSR count). The molecule has 2 heterocycles. The third-order valence-corrected chi connectivity index (χ3v) is 7.22. The number of nitrogens with zero attached hydrogens (tertiary/aromatic N) is 2. The van der Waals surface area contributed by atoms with Crippen molar-refractivity contribution >= 4 is 21.6 Å². The van der Waals surface area contributed by atoms with Gasteiger partial charge in [0.05, 0.1) is 11.0 Å². The van der Waals surface area contributed by atoms with E-state index < -0.39 is 15.9 Å². The first-order valence-corrected chi connectivity index (χ1v) is 12.5. The second-order valence-corrected chi connectivity index (χ2v) is 10.1. The molecular formula is C23H25N5O4S. The minimum absolute atomic E-state index is 0.0413. The van der Waals surface area contributed by atoms with Gasteiger partial charge in [-0.25, -0.2) is 18.1 Å². The van der Waals surface area contributed by atoms with Crippen molar-refractivity contribution in [2.45, 2.75) is 42.6 Å². The van der Waals surface area contributed by atoms with E-state index in [1.165, 1.54) is 12.1 Å². The van der Waals surface area contributed by atoms with Crippen LogP contribution < -0.4 is 10.0 Å². The van der Waals surface area contributed by atoms with Crippen molar-refractivity contribution in [1.82, 2.24) is 19.9 Å². The molecule has 1 amide bonds. The number of rotatable bonds is 8. The van der Waals surface area contributed by atoms with Crippen molar-refractivity contribution in [2.24, 2.45) is 0 Å². The van der Waals surface area contributed by atoms with Crippen LogP contribution in [-0.4, -0.2) is 48.8 Å². The number of hydrogen-bond acceptors (Lipinski definition) is 6. The fourth-order valence-corrected chi connectivity index (χ4v) is 4.86. The maximum absolute atomic E-state index is 12.7. The Labute approximate surface area is 192 Å². The fourth-order valence-electron chi connectivity index (χ4n) is 3.74. The monoisotopic (exact) mass is 467 g/mol. The molecule has 1 aliphatic heterocycles. The van der Waals surface area contributed by atoms with Crippen LogP contribution in [0.1, 0.15) is 47.8 Å². The van der Waals surface area contributed by atoms with Gasteiger partial charge in [0.1, 0.15) is 5.82 Å². The second kappa shape index (κ2) is 9.05. The number of ether oxygens (including phenoxy) is 1. The summed E-state index contributed by atoms with van der Waals surface area (Å²) in [5.41, 5.74) is 1.69. The highest BCUT2D eigenvalue weighted by molar-refractivity contribution is 7.89. The zero-order chi connectivity index (χ0) is 22.8. The molecule has 1 saturated heterocycles. The Morgan fingerprint density at radius 3 is 2.67 bits per heavy atom. The van der Waals surface area contributed by atoms with Crippen molar-refractivity contribution in [1.29, 1.82) is 0 Å². The van der Waals surface area contributed by atoms with Crippen LogP contribution in [0.2, 0.25) is 0 Å². The number of nitrogens with one attached hydrogen (secondary N) is 3. The van der Waals surface area contributed by atoms with Gasteiger partial charge in [-0.3, -0.25) is 9.89 Å². The molecule has 1 saturated carbocycles. The number of amides is 1. The summed E-state index contributed by atoms with van der Waals surface area (Å²) < 4.78 is 33.3. The van der Waals surface area contributed by atoms with Crippen LogP contribution in [0.15, 0.2) is 53.4 Å². The summed E-state index contributed by atoms with van der Waals surface area (Å²) in [6.07, 6.45) is 3.95. The van der Waals surface area contributed by atoms with Crippen LogP contribution in [0.5, 0.6) is 0 Å². The van der Waals surface area contributed by atoms with Crippen molar-refractivity contribution in [2.75, 3.05) is 18.5 Å². The van der Waals surface area contributed by atoms with E-state index in [4.69, 9.17) is 4.74 Å². The average molecular weight is 468 g/mol. The molecule has 1 atom stereocenters. The smallest absolute Gasteiger partial charge is 0.255 e. The number of carbonyl (C=O) groups excluding carboxylic acids is 1. The number of hydrogen-bond donors (Lipinski definition) is 3. The Morgan fingerprint density at radius 2 is 1.94 bits per heavy atom. The number of aromatic amines is 1. The summed E-state index contributed by atoms with van der Waals surface area (Å²) in [6.45, 7) is 0.876. The van der Waals surface area contributed by atoms with E-state index in [0.717, 1.165) is 37.1 Å². The van der Waals surface area contributed by atoms with Gasteiger partial charge in [-0.15, -0.1) is 0 Å². The molecule has 2 aromatic carbocycles. The molecule has 2 aliphatic rings. The van der Waals surface area contributed by atoms with E-state index >= 15 is 0 Å². The van der Waals surface area contributed by atoms with Crippen LogP contribution in [0.4, 0.5) is 5.69 Å². The SMILES string of the molecule is O=C(Nc1ccc(-c2n[nH]c(C3CC3)n2)cc1)c1cccc(S(=O)(=O)NCC2CCCO2)c1. The number of carbonyl (C=O) groups is 1. The van der Waals surface area contributed by atoms with Gasteiger partial charge in [0.25, 0.3) is 5.91 Å². The maximum atomic E-state index is 12.7. The Hall–Kier alpha value is -3.08. The lowest BCUT2D eigenvalue weighted by atomic mass is 10.1. The molecule has 172 valence electrons. The van der Waals surface area contributed by atoms with Crippen LogP contribution >= 0.6 is 0 Å². The van der Waals surface area contributed by atoms with Crippen molar-refractivity contribution in [3.8, 4) is 11.4 Å². The molecule has 3 N–H and O–H groups in total. The van der Waals surface area contributed by atoms with Crippen molar-refractivity contribution < 1.29 is 17.9 Å².